The van der Waals surface area contributed by atoms with Crippen molar-refractivity contribution in [1.29, 1.82) is 5.26 Å². The molecule has 2 aromatic carbocycles. The number of nitrogens with one attached hydrogen (secondary N) is 1. The maximum absolute atomic E-state index is 13.2. The van der Waals surface area contributed by atoms with Gasteiger partial charge in [0.05, 0.1) is 11.6 Å². The van der Waals surface area contributed by atoms with Gasteiger partial charge in [-0.05, 0) is 55.3 Å². The van der Waals surface area contributed by atoms with Gasteiger partial charge in [-0.2, -0.15) is 5.26 Å². The van der Waals surface area contributed by atoms with Crippen LogP contribution < -0.4 is 5.32 Å². The van der Waals surface area contributed by atoms with E-state index in [-0.39, 0.29) is 11.9 Å². The summed E-state index contributed by atoms with van der Waals surface area (Å²) in [4.78, 5) is 0. The maximum Gasteiger partial charge on any atom is 0.123 e. The molecule has 96 valence electrons. The van der Waals surface area contributed by atoms with E-state index in [4.69, 9.17) is 5.26 Å². The molecule has 0 amide bonds. The van der Waals surface area contributed by atoms with Gasteiger partial charge in [0, 0.05) is 11.7 Å². The summed E-state index contributed by atoms with van der Waals surface area (Å²) >= 11 is 0. The first-order valence-corrected chi connectivity index (χ1v) is 6.13. The van der Waals surface area contributed by atoms with E-state index < -0.39 is 0 Å². The number of anilines is 1. The van der Waals surface area contributed by atoms with Gasteiger partial charge in [0.1, 0.15) is 5.82 Å². The van der Waals surface area contributed by atoms with E-state index in [0.717, 1.165) is 16.8 Å². The highest BCUT2D eigenvalue weighted by atomic mass is 19.1. The topological polar surface area (TPSA) is 35.8 Å². The van der Waals surface area contributed by atoms with Crippen LogP contribution >= 0.6 is 0 Å². The van der Waals surface area contributed by atoms with Crippen LogP contribution in [0.2, 0.25) is 0 Å². The molecule has 1 atom stereocenters. The summed E-state index contributed by atoms with van der Waals surface area (Å²) in [5, 5.41) is 12.2. The molecular formula is C16H15FN2. The molecule has 2 nitrogen and oxygen atoms in total. The Morgan fingerprint density at radius 2 is 2.00 bits per heavy atom. The highest BCUT2D eigenvalue weighted by molar-refractivity contribution is 5.52. The van der Waals surface area contributed by atoms with Crippen molar-refractivity contribution in [3.8, 4) is 6.07 Å². The first-order chi connectivity index (χ1) is 9.10. The Morgan fingerprint density at radius 1 is 1.21 bits per heavy atom. The Morgan fingerprint density at radius 3 is 2.63 bits per heavy atom. The highest BCUT2D eigenvalue weighted by Gasteiger charge is 2.07. The van der Waals surface area contributed by atoms with Gasteiger partial charge < -0.3 is 5.32 Å². The van der Waals surface area contributed by atoms with Crippen LogP contribution in [0.4, 0.5) is 10.1 Å². The third-order valence-electron chi connectivity index (χ3n) is 3.08. The van der Waals surface area contributed by atoms with Gasteiger partial charge in [-0.1, -0.05) is 12.1 Å². The largest absolute Gasteiger partial charge is 0.379 e. The second-order valence-electron chi connectivity index (χ2n) is 4.56. The van der Waals surface area contributed by atoms with E-state index in [1.165, 1.54) is 12.1 Å². The minimum absolute atomic E-state index is 0.00281. The molecule has 2 aromatic rings. The maximum atomic E-state index is 13.2. The summed E-state index contributed by atoms with van der Waals surface area (Å²) in [6.07, 6.45) is 0. The average molecular weight is 254 g/mol. The molecule has 0 heterocycles. The molecule has 19 heavy (non-hydrogen) atoms. The Bertz CT molecular complexity index is 629. The highest BCUT2D eigenvalue weighted by Crippen LogP contribution is 2.21. The summed E-state index contributed by atoms with van der Waals surface area (Å²) in [6, 6.07) is 14.3. The third-order valence-corrected chi connectivity index (χ3v) is 3.08. The molecule has 3 heteroatoms. The van der Waals surface area contributed by atoms with Crippen molar-refractivity contribution in [3.63, 3.8) is 0 Å². The lowest BCUT2D eigenvalue weighted by Crippen LogP contribution is -2.07. The monoisotopic (exact) mass is 254 g/mol. The zero-order chi connectivity index (χ0) is 13.8. The standard InChI is InChI=1S/C16H15FN2/c1-11-8-16(7-6-14(11)10-18)19-12(2)13-4-3-5-15(17)9-13/h3-9,12,19H,1-2H3. The molecule has 1 unspecified atom stereocenters. The number of halogens is 1. The van der Waals surface area contributed by atoms with Crippen molar-refractivity contribution in [2.45, 2.75) is 19.9 Å². The zero-order valence-electron chi connectivity index (χ0n) is 10.9. The molecule has 0 saturated carbocycles. The van der Waals surface area contributed by atoms with E-state index in [1.54, 1.807) is 12.1 Å². The summed E-state index contributed by atoms with van der Waals surface area (Å²) in [7, 11) is 0. The predicted molar refractivity (Wildman–Crippen MR) is 74.3 cm³/mol. The Labute approximate surface area is 112 Å². The van der Waals surface area contributed by atoms with Gasteiger partial charge in [-0.15, -0.1) is 0 Å². The fourth-order valence-electron chi connectivity index (χ4n) is 1.99. The minimum Gasteiger partial charge on any atom is -0.379 e. The van der Waals surface area contributed by atoms with Gasteiger partial charge in [0.2, 0.25) is 0 Å². The normalized spacial score (nSPS) is 11.7. The molecule has 0 radical (unpaired) electrons. The Kier molecular flexibility index (Phi) is 3.82. The lowest BCUT2D eigenvalue weighted by Gasteiger charge is -2.16. The van der Waals surface area contributed by atoms with Crippen LogP contribution in [-0.2, 0) is 0 Å². The molecule has 0 saturated heterocycles. The smallest absolute Gasteiger partial charge is 0.123 e. The van der Waals surface area contributed by atoms with Crippen molar-refractivity contribution in [1.82, 2.24) is 0 Å². The molecule has 0 fully saturated rings. The van der Waals surface area contributed by atoms with Crippen LogP contribution in [0, 0.1) is 24.1 Å². The number of nitriles is 1. The zero-order valence-corrected chi connectivity index (χ0v) is 10.9. The fourth-order valence-corrected chi connectivity index (χ4v) is 1.99. The third kappa shape index (κ3) is 3.11. The van der Waals surface area contributed by atoms with Crippen LogP contribution in [0.5, 0.6) is 0 Å². The van der Waals surface area contributed by atoms with Gasteiger partial charge in [-0.3, -0.25) is 0 Å². The van der Waals surface area contributed by atoms with Crippen LogP contribution in [-0.4, -0.2) is 0 Å². The SMILES string of the molecule is Cc1cc(NC(C)c2cccc(F)c2)ccc1C#N. The van der Waals surface area contributed by atoms with Crippen LogP contribution in [0.15, 0.2) is 42.5 Å². The second kappa shape index (κ2) is 5.53. The first kappa shape index (κ1) is 13.1. The van der Waals surface area contributed by atoms with E-state index in [0.29, 0.717) is 5.56 Å². The van der Waals surface area contributed by atoms with E-state index in [1.807, 2.05) is 32.0 Å². The molecule has 0 spiro atoms. The number of aryl methyl sites for hydroxylation is 1. The number of benzene rings is 2. The number of rotatable bonds is 3. The van der Waals surface area contributed by atoms with E-state index in [2.05, 4.69) is 11.4 Å². The molecule has 2 rings (SSSR count). The van der Waals surface area contributed by atoms with Gasteiger partial charge in [0.25, 0.3) is 0 Å². The summed E-state index contributed by atoms with van der Waals surface area (Å²) in [5.74, 6) is -0.234. The number of nitrogens with zero attached hydrogens (tertiary/aromatic N) is 1. The van der Waals surface area contributed by atoms with Gasteiger partial charge in [0.15, 0.2) is 0 Å². The molecule has 0 bridgehead atoms. The van der Waals surface area contributed by atoms with E-state index in [9.17, 15) is 4.39 Å². The average Bonchev–Trinajstić information content (AvgIpc) is 2.39. The fraction of sp³-hybridized carbons (Fsp3) is 0.188. The van der Waals surface area contributed by atoms with E-state index >= 15 is 0 Å². The van der Waals surface area contributed by atoms with Crippen molar-refractivity contribution >= 4 is 5.69 Å². The Hall–Kier alpha value is -2.34. The predicted octanol–water partition coefficient (Wildman–Crippen LogP) is 4.18. The van der Waals surface area contributed by atoms with Crippen molar-refractivity contribution < 1.29 is 4.39 Å². The van der Waals surface area contributed by atoms with Gasteiger partial charge >= 0.3 is 0 Å². The molecular weight excluding hydrogens is 239 g/mol. The van der Waals surface area contributed by atoms with Gasteiger partial charge in [-0.25, -0.2) is 4.39 Å². The van der Waals surface area contributed by atoms with Crippen molar-refractivity contribution in [2.24, 2.45) is 0 Å². The first-order valence-electron chi connectivity index (χ1n) is 6.13. The molecule has 0 aromatic heterocycles. The number of hydrogen-bond acceptors (Lipinski definition) is 2. The van der Waals surface area contributed by atoms with Crippen molar-refractivity contribution in [3.05, 3.63) is 65.0 Å². The summed E-state index contributed by atoms with van der Waals surface area (Å²) in [6.45, 7) is 3.87. The summed E-state index contributed by atoms with van der Waals surface area (Å²) in [5.41, 5.74) is 3.41. The minimum atomic E-state index is -0.234. The van der Waals surface area contributed by atoms with Crippen molar-refractivity contribution in [2.75, 3.05) is 5.32 Å². The number of hydrogen-bond donors (Lipinski definition) is 1. The quantitative estimate of drug-likeness (QED) is 0.891. The van der Waals surface area contributed by atoms with Crippen LogP contribution in [0.1, 0.15) is 29.7 Å². The second-order valence-corrected chi connectivity index (χ2v) is 4.56. The lowest BCUT2D eigenvalue weighted by atomic mass is 10.1. The Balaban J connectivity index is 2.17. The molecule has 0 aliphatic rings. The molecule has 0 aliphatic heterocycles. The molecule has 1 N–H and O–H groups in total. The van der Waals surface area contributed by atoms with Crippen LogP contribution in [0.3, 0.4) is 0 Å². The molecule has 0 aliphatic carbocycles. The lowest BCUT2D eigenvalue weighted by molar-refractivity contribution is 0.623. The van der Waals surface area contributed by atoms with Crippen LogP contribution in [0.25, 0.3) is 0 Å². The summed E-state index contributed by atoms with van der Waals surface area (Å²) < 4.78 is 13.2.